The van der Waals surface area contributed by atoms with Gasteiger partial charge in [-0.3, -0.25) is 4.90 Å². The lowest BCUT2D eigenvalue weighted by Gasteiger charge is -2.33. The minimum Gasteiger partial charge on any atom is -0.296 e. The summed E-state index contributed by atoms with van der Waals surface area (Å²) in [4.78, 5) is 2.62. The van der Waals surface area contributed by atoms with Gasteiger partial charge in [0.15, 0.2) is 0 Å². The van der Waals surface area contributed by atoms with Crippen LogP contribution in [-0.4, -0.2) is 17.5 Å². The molecular weight excluding hydrogens is 298 g/mol. The van der Waals surface area contributed by atoms with Crippen LogP contribution in [0.15, 0.2) is 40.9 Å². The summed E-state index contributed by atoms with van der Waals surface area (Å²) >= 11 is 3.71. The number of nitrogens with zero attached hydrogens (tertiary/aromatic N) is 1. The number of halogens is 1. The molecule has 1 heterocycles. The van der Waals surface area contributed by atoms with Crippen molar-refractivity contribution in [2.24, 2.45) is 0 Å². The maximum atomic E-state index is 3.71. The summed E-state index contributed by atoms with van der Waals surface area (Å²) in [5, 5.41) is 2.71. The third kappa shape index (κ3) is 2.70. The van der Waals surface area contributed by atoms with Crippen LogP contribution in [0.3, 0.4) is 0 Å². The molecule has 0 aliphatic carbocycles. The van der Waals surface area contributed by atoms with Crippen molar-refractivity contribution in [3.8, 4) is 0 Å². The van der Waals surface area contributed by atoms with Gasteiger partial charge in [-0.1, -0.05) is 52.7 Å². The number of rotatable bonds is 2. The first-order chi connectivity index (χ1) is 9.25. The highest BCUT2D eigenvalue weighted by Crippen LogP contribution is 2.29. The van der Waals surface area contributed by atoms with E-state index in [0.29, 0.717) is 6.04 Å². The van der Waals surface area contributed by atoms with Gasteiger partial charge < -0.3 is 0 Å². The second kappa shape index (κ2) is 5.64. The van der Waals surface area contributed by atoms with Crippen molar-refractivity contribution >= 4 is 26.7 Å². The number of hydrogen-bond donors (Lipinski definition) is 0. The van der Waals surface area contributed by atoms with Crippen LogP contribution in [0.25, 0.3) is 10.8 Å². The Morgan fingerprint density at radius 1 is 1.16 bits per heavy atom. The van der Waals surface area contributed by atoms with Crippen molar-refractivity contribution in [1.29, 1.82) is 0 Å². The van der Waals surface area contributed by atoms with E-state index in [2.05, 4.69) is 64.2 Å². The highest BCUT2D eigenvalue weighted by Gasteiger charge is 2.19. The molecule has 1 saturated heterocycles. The van der Waals surface area contributed by atoms with E-state index in [1.54, 1.807) is 0 Å². The molecule has 1 aliphatic heterocycles. The van der Waals surface area contributed by atoms with E-state index in [9.17, 15) is 0 Å². The summed E-state index contributed by atoms with van der Waals surface area (Å²) in [7, 11) is 0. The van der Waals surface area contributed by atoms with E-state index in [4.69, 9.17) is 0 Å². The normalized spacial score (nSPS) is 20.8. The van der Waals surface area contributed by atoms with Gasteiger partial charge in [0.1, 0.15) is 0 Å². The van der Waals surface area contributed by atoms with Crippen LogP contribution in [0.2, 0.25) is 0 Å². The molecule has 2 aromatic rings. The number of likely N-dealkylation sites (tertiary alicyclic amines) is 1. The van der Waals surface area contributed by atoms with E-state index < -0.39 is 0 Å². The summed E-state index contributed by atoms with van der Waals surface area (Å²) in [6.45, 7) is 4.67. The van der Waals surface area contributed by atoms with Crippen molar-refractivity contribution in [3.05, 3.63) is 46.4 Å². The molecule has 0 amide bonds. The van der Waals surface area contributed by atoms with E-state index in [-0.39, 0.29) is 0 Å². The zero-order chi connectivity index (χ0) is 13.2. The molecule has 1 aliphatic rings. The second-order valence-electron chi connectivity index (χ2n) is 5.57. The average molecular weight is 318 g/mol. The number of benzene rings is 2. The van der Waals surface area contributed by atoms with Crippen LogP contribution in [0.1, 0.15) is 31.7 Å². The number of piperidine rings is 1. The molecule has 19 heavy (non-hydrogen) atoms. The molecule has 0 spiro atoms. The highest BCUT2D eigenvalue weighted by atomic mass is 79.9. The van der Waals surface area contributed by atoms with Gasteiger partial charge >= 0.3 is 0 Å². The molecule has 1 unspecified atom stereocenters. The Balaban J connectivity index is 1.96. The van der Waals surface area contributed by atoms with Crippen LogP contribution in [-0.2, 0) is 6.54 Å². The predicted molar refractivity (Wildman–Crippen MR) is 85.4 cm³/mol. The number of hydrogen-bond acceptors (Lipinski definition) is 1. The molecule has 1 atom stereocenters. The lowest BCUT2D eigenvalue weighted by molar-refractivity contribution is 0.153. The SMILES string of the molecule is CC1CCCCN1Cc1cccc2cccc(Br)c12. The fraction of sp³-hybridized carbons (Fsp3) is 0.412. The van der Waals surface area contributed by atoms with Gasteiger partial charge in [0, 0.05) is 22.4 Å². The Morgan fingerprint density at radius 2 is 1.95 bits per heavy atom. The van der Waals surface area contributed by atoms with Crippen molar-refractivity contribution in [2.45, 2.75) is 38.8 Å². The fourth-order valence-electron chi connectivity index (χ4n) is 3.11. The molecule has 1 fully saturated rings. The van der Waals surface area contributed by atoms with Crippen molar-refractivity contribution in [1.82, 2.24) is 4.90 Å². The third-order valence-electron chi connectivity index (χ3n) is 4.25. The second-order valence-corrected chi connectivity index (χ2v) is 6.42. The first-order valence-electron chi connectivity index (χ1n) is 7.16. The summed E-state index contributed by atoms with van der Waals surface area (Å²) in [5.41, 5.74) is 1.44. The fourth-order valence-corrected chi connectivity index (χ4v) is 3.75. The Morgan fingerprint density at radius 3 is 2.74 bits per heavy atom. The molecule has 0 saturated carbocycles. The highest BCUT2D eigenvalue weighted by molar-refractivity contribution is 9.10. The Bertz CT molecular complexity index is 573. The van der Waals surface area contributed by atoms with Gasteiger partial charge in [0.2, 0.25) is 0 Å². The van der Waals surface area contributed by atoms with E-state index in [1.807, 2.05) is 0 Å². The van der Waals surface area contributed by atoms with Crippen molar-refractivity contribution in [2.75, 3.05) is 6.54 Å². The van der Waals surface area contributed by atoms with Crippen molar-refractivity contribution in [3.63, 3.8) is 0 Å². The van der Waals surface area contributed by atoms with Gasteiger partial charge in [0.25, 0.3) is 0 Å². The smallest absolute Gasteiger partial charge is 0.0256 e. The van der Waals surface area contributed by atoms with Crippen LogP contribution < -0.4 is 0 Å². The molecule has 3 rings (SSSR count). The van der Waals surface area contributed by atoms with Gasteiger partial charge in [-0.2, -0.15) is 0 Å². The summed E-state index contributed by atoms with van der Waals surface area (Å²) in [6, 6.07) is 13.8. The monoisotopic (exact) mass is 317 g/mol. The molecule has 0 aromatic heterocycles. The quantitative estimate of drug-likeness (QED) is 0.755. The molecule has 1 nitrogen and oxygen atoms in total. The Kier molecular flexibility index (Phi) is 3.90. The minimum absolute atomic E-state index is 0.714. The van der Waals surface area contributed by atoms with Gasteiger partial charge in [-0.15, -0.1) is 0 Å². The first kappa shape index (κ1) is 13.1. The lowest BCUT2D eigenvalue weighted by Crippen LogP contribution is -2.36. The Hall–Kier alpha value is -0.860. The van der Waals surface area contributed by atoms with Crippen molar-refractivity contribution < 1.29 is 0 Å². The molecule has 0 radical (unpaired) electrons. The molecule has 100 valence electrons. The van der Waals surface area contributed by atoms with Crippen LogP contribution in [0, 0.1) is 0 Å². The topological polar surface area (TPSA) is 3.24 Å². The van der Waals surface area contributed by atoms with E-state index in [0.717, 1.165) is 6.54 Å². The van der Waals surface area contributed by atoms with Crippen LogP contribution >= 0.6 is 15.9 Å². The molecular formula is C17H20BrN. The van der Waals surface area contributed by atoms with Gasteiger partial charge in [-0.25, -0.2) is 0 Å². The summed E-state index contributed by atoms with van der Waals surface area (Å²) < 4.78 is 1.21. The minimum atomic E-state index is 0.714. The zero-order valence-electron chi connectivity index (χ0n) is 11.4. The molecule has 2 aromatic carbocycles. The Labute approximate surface area is 123 Å². The largest absolute Gasteiger partial charge is 0.296 e. The van der Waals surface area contributed by atoms with Crippen LogP contribution in [0.4, 0.5) is 0 Å². The molecule has 0 bridgehead atoms. The number of fused-ring (bicyclic) bond motifs is 1. The maximum Gasteiger partial charge on any atom is 0.0256 e. The van der Waals surface area contributed by atoms with Gasteiger partial charge in [-0.05, 0) is 43.3 Å². The van der Waals surface area contributed by atoms with Gasteiger partial charge in [0.05, 0.1) is 0 Å². The standard InChI is InChI=1S/C17H20BrN/c1-13-6-2-3-11-19(13)12-15-9-4-7-14-8-5-10-16(18)17(14)15/h4-5,7-10,13H,2-3,6,11-12H2,1H3. The maximum absolute atomic E-state index is 3.71. The summed E-state index contributed by atoms with van der Waals surface area (Å²) in [6.07, 6.45) is 4.07. The molecule has 0 N–H and O–H groups in total. The molecule has 2 heteroatoms. The third-order valence-corrected chi connectivity index (χ3v) is 4.91. The first-order valence-corrected chi connectivity index (χ1v) is 7.95. The zero-order valence-corrected chi connectivity index (χ0v) is 13.0. The predicted octanol–water partition coefficient (Wildman–Crippen LogP) is 4.98. The van der Waals surface area contributed by atoms with Crippen LogP contribution in [0.5, 0.6) is 0 Å². The lowest BCUT2D eigenvalue weighted by atomic mass is 10.00. The van der Waals surface area contributed by atoms with E-state index in [1.165, 1.54) is 46.6 Å². The average Bonchev–Trinajstić information content (AvgIpc) is 2.42. The van der Waals surface area contributed by atoms with E-state index >= 15 is 0 Å². The summed E-state index contributed by atoms with van der Waals surface area (Å²) in [5.74, 6) is 0.